The highest BCUT2D eigenvalue weighted by Gasteiger charge is 2.35. The number of sulfonamides is 1. The van der Waals surface area contributed by atoms with Gasteiger partial charge in [0.2, 0.25) is 0 Å². The predicted octanol–water partition coefficient (Wildman–Crippen LogP) is 2.19. The highest BCUT2D eigenvalue weighted by molar-refractivity contribution is 8.00. The first-order chi connectivity index (χ1) is 14.2. The van der Waals surface area contributed by atoms with Crippen LogP contribution in [0.15, 0.2) is 28.2 Å². The van der Waals surface area contributed by atoms with Gasteiger partial charge in [0.15, 0.2) is 0 Å². The van der Waals surface area contributed by atoms with Crippen molar-refractivity contribution in [2.24, 2.45) is 4.40 Å². The number of nitrogens with one attached hydrogen (secondary N) is 2. The Balaban J connectivity index is 1.68. The Morgan fingerprint density at radius 2 is 1.90 bits per heavy atom. The van der Waals surface area contributed by atoms with Crippen LogP contribution in [0.2, 0.25) is 0 Å². The second kappa shape index (κ2) is 9.18. The zero-order valence-corrected chi connectivity index (χ0v) is 18.8. The van der Waals surface area contributed by atoms with E-state index in [1.807, 2.05) is 43.9 Å². The van der Waals surface area contributed by atoms with E-state index in [0.717, 1.165) is 24.0 Å². The van der Waals surface area contributed by atoms with Crippen LogP contribution in [0.5, 0.6) is 0 Å². The molecule has 2 aliphatic rings. The fraction of sp³-hybridized carbons (Fsp3) is 0.524. The number of rotatable bonds is 5. The predicted molar refractivity (Wildman–Crippen MR) is 118 cm³/mol. The van der Waals surface area contributed by atoms with E-state index in [-0.39, 0.29) is 12.1 Å². The summed E-state index contributed by atoms with van der Waals surface area (Å²) < 4.78 is 34.6. The van der Waals surface area contributed by atoms with Gasteiger partial charge in [-0.05, 0) is 50.3 Å². The van der Waals surface area contributed by atoms with Gasteiger partial charge in [-0.2, -0.15) is 8.42 Å². The van der Waals surface area contributed by atoms with Crippen molar-refractivity contribution >= 4 is 26.8 Å². The lowest BCUT2D eigenvalue weighted by molar-refractivity contribution is 0.193. The van der Waals surface area contributed by atoms with Crippen molar-refractivity contribution in [1.29, 1.82) is 0 Å². The molecule has 2 heterocycles. The summed E-state index contributed by atoms with van der Waals surface area (Å²) in [7, 11) is -2.14. The first kappa shape index (κ1) is 22.3. The van der Waals surface area contributed by atoms with Crippen molar-refractivity contribution in [3.8, 4) is 0 Å². The Hall–Kier alpha value is -2.39. The molecular formula is C21H30N4O4S. The summed E-state index contributed by atoms with van der Waals surface area (Å²) in [6.45, 7) is 7.99. The average molecular weight is 435 g/mol. The highest BCUT2D eigenvalue weighted by Crippen LogP contribution is 2.35. The van der Waals surface area contributed by atoms with Gasteiger partial charge < -0.3 is 20.3 Å². The highest BCUT2D eigenvalue weighted by atomic mass is 32.2. The van der Waals surface area contributed by atoms with E-state index in [1.54, 1.807) is 7.11 Å². The Labute approximate surface area is 178 Å². The fourth-order valence-corrected chi connectivity index (χ4v) is 5.28. The van der Waals surface area contributed by atoms with Crippen LogP contribution < -0.4 is 10.6 Å². The van der Waals surface area contributed by atoms with Gasteiger partial charge in [0.1, 0.15) is 10.7 Å². The van der Waals surface area contributed by atoms with Crippen molar-refractivity contribution in [2.75, 3.05) is 33.4 Å². The zero-order chi connectivity index (χ0) is 21.9. The molecule has 0 radical (unpaired) electrons. The molecule has 164 valence electrons. The van der Waals surface area contributed by atoms with Crippen LogP contribution in [0.4, 0.5) is 4.79 Å². The summed E-state index contributed by atoms with van der Waals surface area (Å²) in [5.41, 5.74) is 3.53. The number of urea groups is 1. The lowest BCUT2D eigenvalue weighted by Gasteiger charge is -2.33. The maximum Gasteiger partial charge on any atom is 0.315 e. The van der Waals surface area contributed by atoms with E-state index in [0.29, 0.717) is 48.1 Å². The van der Waals surface area contributed by atoms with E-state index in [9.17, 15) is 13.2 Å². The third-order valence-corrected chi connectivity index (χ3v) is 7.10. The SMILES string of the molecule is COCCNC(=O)NC1CCN(C2=NS(=O)(=O)C(c3ccc(C)c(C)c3)=C2C)CC1. The van der Waals surface area contributed by atoms with Crippen LogP contribution in [0.25, 0.3) is 4.91 Å². The molecule has 9 heteroatoms. The van der Waals surface area contributed by atoms with E-state index in [2.05, 4.69) is 15.0 Å². The quantitative estimate of drug-likeness (QED) is 0.692. The number of hydrogen-bond donors (Lipinski definition) is 2. The number of carbonyl (C=O) groups is 1. The maximum atomic E-state index is 12.8. The molecule has 1 aromatic rings. The monoisotopic (exact) mass is 434 g/mol. The van der Waals surface area contributed by atoms with Gasteiger partial charge in [-0.25, -0.2) is 4.79 Å². The lowest BCUT2D eigenvalue weighted by Crippen LogP contribution is -2.49. The number of carbonyl (C=O) groups excluding carboxylic acids is 1. The minimum absolute atomic E-state index is 0.0471. The second-order valence-electron chi connectivity index (χ2n) is 7.80. The van der Waals surface area contributed by atoms with Crippen molar-refractivity contribution in [3.63, 3.8) is 0 Å². The number of piperidine rings is 1. The molecule has 1 saturated heterocycles. The standard InChI is InChI=1S/C21H30N4O4S/c1-14-5-6-17(13-15(14)2)19-16(3)20(24-30(19,27)28)25-10-7-18(8-11-25)23-21(26)22-9-12-29-4/h5-6,13,18H,7-12H2,1-4H3,(H2,22,23,26). The van der Waals surface area contributed by atoms with Crippen LogP contribution in [-0.2, 0) is 14.8 Å². The van der Waals surface area contributed by atoms with Crippen LogP contribution in [0.3, 0.4) is 0 Å². The molecule has 0 aromatic heterocycles. The molecule has 0 saturated carbocycles. The first-order valence-electron chi connectivity index (χ1n) is 10.1. The summed E-state index contributed by atoms with van der Waals surface area (Å²) in [6.07, 6.45) is 1.45. The lowest BCUT2D eigenvalue weighted by atomic mass is 10.0. The van der Waals surface area contributed by atoms with Gasteiger partial charge in [0.05, 0.1) is 6.61 Å². The molecule has 3 rings (SSSR count). The van der Waals surface area contributed by atoms with Crippen molar-refractivity contribution < 1.29 is 17.9 Å². The molecule has 1 aromatic carbocycles. The summed E-state index contributed by atoms with van der Waals surface area (Å²) in [5, 5.41) is 5.71. The average Bonchev–Trinajstić information content (AvgIpc) is 2.94. The number of likely N-dealkylation sites (tertiary alicyclic amines) is 1. The van der Waals surface area contributed by atoms with Crippen LogP contribution >= 0.6 is 0 Å². The number of amidine groups is 1. The van der Waals surface area contributed by atoms with Gasteiger partial charge in [-0.15, -0.1) is 4.40 Å². The van der Waals surface area contributed by atoms with Gasteiger partial charge >= 0.3 is 6.03 Å². The molecule has 8 nitrogen and oxygen atoms in total. The molecule has 1 fully saturated rings. The molecule has 0 unspecified atom stereocenters. The largest absolute Gasteiger partial charge is 0.383 e. The summed E-state index contributed by atoms with van der Waals surface area (Å²) in [5.74, 6) is 0.520. The Morgan fingerprint density at radius 1 is 1.20 bits per heavy atom. The fourth-order valence-electron chi connectivity index (χ4n) is 3.80. The minimum atomic E-state index is -3.73. The number of benzene rings is 1. The van der Waals surface area contributed by atoms with E-state index in [4.69, 9.17) is 4.74 Å². The van der Waals surface area contributed by atoms with Crippen molar-refractivity contribution in [2.45, 2.75) is 39.7 Å². The normalized spacial score (nSPS) is 19.1. The number of hydrogen-bond acceptors (Lipinski definition) is 5. The second-order valence-corrected chi connectivity index (χ2v) is 9.34. The van der Waals surface area contributed by atoms with Crippen LogP contribution in [0.1, 0.15) is 36.5 Å². The Morgan fingerprint density at radius 3 is 2.53 bits per heavy atom. The molecule has 2 aliphatic heterocycles. The van der Waals surface area contributed by atoms with Crippen LogP contribution in [-0.4, -0.2) is 64.6 Å². The molecular weight excluding hydrogens is 404 g/mol. The third-order valence-electron chi connectivity index (χ3n) is 5.63. The molecule has 0 aliphatic carbocycles. The zero-order valence-electron chi connectivity index (χ0n) is 18.0. The van der Waals surface area contributed by atoms with Gasteiger partial charge in [-0.1, -0.05) is 18.2 Å². The topological polar surface area (TPSA) is 100 Å². The van der Waals surface area contributed by atoms with Crippen LogP contribution in [0, 0.1) is 13.8 Å². The van der Waals surface area contributed by atoms with E-state index >= 15 is 0 Å². The third kappa shape index (κ3) is 4.84. The van der Waals surface area contributed by atoms with Gasteiger partial charge in [0.25, 0.3) is 10.0 Å². The summed E-state index contributed by atoms with van der Waals surface area (Å²) >= 11 is 0. The first-order valence-corrected chi connectivity index (χ1v) is 11.6. The minimum Gasteiger partial charge on any atom is -0.383 e. The Kier molecular flexibility index (Phi) is 6.82. The van der Waals surface area contributed by atoms with Gasteiger partial charge in [0, 0.05) is 38.4 Å². The van der Waals surface area contributed by atoms with Crippen molar-refractivity contribution in [1.82, 2.24) is 15.5 Å². The number of nitrogens with zero attached hydrogens (tertiary/aromatic N) is 2. The molecule has 2 N–H and O–H groups in total. The molecule has 30 heavy (non-hydrogen) atoms. The van der Waals surface area contributed by atoms with E-state index in [1.165, 1.54) is 0 Å². The molecule has 0 atom stereocenters. The number of ether oxygens (including phenoxy) is 1. The van der Waals surface area contributed by atoms with E-state index < -0.39 is 10.0 Å². The smallest absolute Gasteiger partial charge is 0.315 e. The molecule has 2 amide bonds. The van der Waals surface area contributed by atoms with Crippen molar-refractivity contribution in [3.05, 3.63) is 40.5 Å². The van der Waals surface area contributed by atoms with Gasteiger partial charge in [-0.3, -0.25) is 0 Å². The Bertz CT molecular complexity index is 977. The summed E-state index contributed by atoms with van der Waals surface area (Å²) in [6, 6.07) is 5.52. The number of methoxy groups -OCH3 is 1. The number of aryl methyl sites for hydroxylation is 2. The molecule has 0 spiro atoms. The molecule has 0 bridgehead atoms. The number of amides is 2. The summed E-state index contributed by atoms with van der Waals surface area (Å²) in [4.78, 5) is 14.2. The maximum absolute atomic E-state index is 12.8.